The van der Waals surface area contributed by atoms with Gasteiger partial charge >= 0.3 is 0 Å². The van der Waals surface area contributed by atoms with Crippen molar-refractivity contribution in [3.8, 4) is 11.9 Å². The van der Waals surface area contributed by atoms with Crippen LogP contribution in [0.2, 0.25) is 0 Å². The van der Waals surface area contributed by atoms with E-state index >= 15 is 0 Å². The van der Waals surface area contributed by atoms with Crippen molar-refractivity contribution >= 4 is 11.6 Å². The molecule has 2 aromatic rings. The fraction of sp³-hybridized carbons (Fsp3) is 0.464. The monoisotopic (exact) mass is 505 g/mol. The van der Waals surface area contributed by atoms with Crippen LogP contribution in [0.5, 0.6) is 5.88 Å². The number of aromatic nitrogens is 1. The lowest BCUT2D eigenvalue weighted by Gasteiger charge is -2.39. The van der Waals surface area contributed by atoms with Gasteiger partial charge in [0.2, 0.25) is 11.8 Å². The van der Waals surface area contributed by atoms with Gasteiger partial charge in [-0.05, 0) is 61.9 Å². The predicted molar refractivity (Wildman–Crippen MR) is 141 cm³/mol. The van der Waals surface area contributed by atoms with Crippen LogP contribution in [0, 0.1) is 11.3 Å². The Kier molecular flexibility index (Phi) is 8.56. The van der Waals surface area contributed by atoms with Crippen LogP contribution in [0.3, 0.4) is 0 Å². The highest BCUT2D eigenvalue weighted by Gasteiger charge is 2.32. The largest absolute Gasteiger partial charge is 0.477 e. The summed E-state index contributed by atoms with van der Waals surface area (Å²) in [5.74, 6) is 5.42. The topological polar surface area (TPSA) is 115 Å². The van der Waals surface area contributed by atoms with Crippen molar-refractivity contribution < 1.29 is 19.0 Å². The second kappa shape index (κ2) is 11.8. The van der Waals surface area contributed by atoms with Gasteiger partial charge < -0.3 is 19.0 Å². The van der Waals surface area contributed by atoms with E-state index in [2.05, 4.69) is 39.7 Å². The van der Waals surface area contributed by atoms with Gasteiger partial charge in [-0.2, -0.15) is 11.2 Å². The maximum Gasteiger partial charge on any atom is 0.246 e. The molecule has 0 amide bonds. The molecule has 0 unspecified atom stereocenters. The number of hydrogen-bond donors (Lipinski definition) is 1. The Morgan fingerprint density at radius 3 is 2.62 bits per heavy atom. The summed E-state index contributed by atoms with van der Waals surface area (Å²) in [5.41, 5.74) is 4.73. The van der Waals surface area contributed by atoms with Gasteiger partial charge in [0.05, 0.1) is 37.1 Å². The van der Waals surface area contributed by atoms with E-state index in [0.717, 1.165) is 37.9 Å². The Hall–Kier alpha value is -3.29. The SMILES string of the molecule is C=C(/N=C(\ON)c1cnc(OCCC)c(C#N)c1)c1ccc2c(c1)CCN(C1COC(C)(C)OC1)CC2. The Balaban J connectivity index is 1.47. The number of nitrogens with two attached hydrogens (primary N) is 1. The average molecular weight is 506 g/mol. The Morgan fingerprint density at radius 1 is 1.22 bits per heavy atom. The first kappa shape index (κ1) is 26.8. The van der Waals surface area contributed by atoms with Crippen LogP contribution in [0.25, 0.3) is 5.70 Å². The molecule has 0 saturated carbocycles. The van der Waals surface area contributed by atoms with Crippen molar-refractivity contribution in [3.63, 3.8) is 0 Å². The molecular weight excluding hydrogens is 470 g/mol. The van der Waals surface area contributed by atoms with Crippen LogP contribution in [0.1, 0.15) is 55.0 Å². The van der Waals surface area contributed by atoms with E-state index < -0.39 is 5.79 Å². The standard InChI is InChI=1S/C28H35N5O4/c1-5-12-34-26-23(15-29)14-24(16-31-26)27(37-30)32-19(2)21-7-6-20-8-10-33(11-9-22(20)13-21)25-17-35-28(3,4)36-18-25/h6-7,13-14,16,25H,2,5,8-12,17-18,30H2,1,3-4H3/b32-27-. The van der Waals surface area contributed by atoms with Gasteiger partial charge in [-0.3, -0.25) is 4.90 Å². The molecule has 9 heteroatoms. The van der Waals surface area contributed by atoms with E-state index in [9.17, 15) is 5.26 Å². The third-order valence-corrected chi connectivity index (χ3v) is 6.65. The molecular formula is C28H35N5O4. The first-order chi connectivity index (χ1) is 17.8. The number of rotatable bonds is 7. The summed E-state index contributed by atoms with van der Waals surface area (Å²) in [6, 6.07) is 10.3. The highest BCUT2D eigenvalue weighted by molar-refractivity contribution is 5.97. The molecule has 0 bridgehead atoms. The summed E-state index contributed by atoms with van der Waals surface area (Å²) in [6.45, 7) is 13.7. The lowest BCUT2D eigenvalue weighted by Crippen LogP contribution is -2.51. The van der Waals surface area contributed by atoms with Gasteiger partial charge in [0.25, 0.3) is 0 Å². The molecule has 0 atom stereocenters. The van der Waals surface area contributed by atoms with E-state index in [4.69, 9.17) is 24.9 Å². The van der Waals surface area contributed by atoms with Crippen LogP contribution >= 0.6 is 0 Å². The second-order valence-electron chi connectivity index (χ2n) is 9.71. The fourth-order valence-electron chi connectivity index (χ4n) is 4.49. The zero-order valence-electron chi connectivity index (χ0n) is 21.8. The van der Waals surface area contributed by atoms with Gasteiger partial charge in [-0.1, -0.05) is 25.6 Å². The number of fused-ring (bicyclic) bond motifs is 1. The molecule has 1 saturated heterocycles. The second-order valence-corrected chi connectivity index (χ2v) is 9.71. The molecule has 0 aliphatic carbocycles. The minimum atomic E-state index is -0.510. The number of nitriles is 1. The number of nitrogens with zero attached hydrogens (tertiary/aromatic N) is 4. The molecule has 2 N–H and O–H groups in total. The number of hydrogen-bond acceptors (Lipinski definition) is 9. The van der Waals surface area contributed by atoms with Gasteiger partial charge in [-0.15, -0.1) is 0 Å². The van der Waals surface area contributed by atoms with Crippen molar-refractivity contribution in [2.75, 3.05) is 32.9 Å². The maximum absolute atomic E-state index is 9.50. The Bertz CT molecular complexity index is 1190. The van der Waals surface area contributed by atoms with Crippen molar-refractivity contribution in [2.24, 2.45) is 10.9 Å². The molecule has 1 aromatic heterocycles. The summed E-state index contributed by atoms with van der Waals surface area (Å²) in [5, 5.41) is 9.50. The average Bonchev–Trinajstić information content (AvgIpc) is 3.12. The third kappa shape index (κ3) is 6.53. The molecule has 2 aliphatic rings. The van der Waals surface area contributed by atoms with E-state index in [1.54, 1.807) is 6.07 Å². The van der Waals surface area contributed by atoms with Crippen LogP contribution in [0.4, 0.5) is 0 Å². The first-order valence-electron chi connectivity index (χ1n) is 12.6. The quantitative estimate of drug-likeness (QED) is 0.345. The zero-order chi connectivity index (χ0) is 26.4. The molecule has 1 fully saturated rings. The molecule has 3 heterocycles. The molecule has 1 aromatic carbocycles. The molecule has 4 rings (SSSR count). The van der Waals surface area contributed by atoms with Gasteiger partial charge in [0, 0.05) is 19.3 Å². The summed E-state index contributed by atoms with van der Waals surface area (Å²) in [4.78, 5) is 16.3. The third-order valence-electron chi connectivity index (χ3n) is 6.65. The summed E-state index contributed by atoms with van der Waals surface area (Å²) < 4.78 is 17.3. The number of pyridine rings is 1. The Labute approximate surface area is 218 Å². The van der Waals surface area contributed by atoms with Gasteiger partial charge in [-0.25, -0.2) is 9.98 Å². The smallest absolute Gasteiger partial charge is 0.246 e. The highest BCUT2D eigenvalue weighted by Crippen LogP contribution is 2.26. The van der Waals surface area contributed by atoms with E-state index in [1.165, 1.54) is 17.3 Å². The van der Waals surface area contributed by atoms with E-state index in [0.29, 0.717) is 31.1 Å². The van der Waals surface area contributed by atoms with Crippen molar-refractivity contribution in [2.45, 2.75) is 51.9 Å². The minimum Gasteiger partial charge on any atom is -0.477 e. The van der Waals surface area contributed by atoms with Gasteiger partial charge in [0.15, 0.2) is 5.79 Å². The zero-order valence-corrected chi connectivity index (χ0v) is 21.8. The molecule has 9 nitrogen and oxygen atoms in total. The van der Waals surface area contributed by atoms with Crippen LogP contribution in [-0.2, 0) is 27.2 Å². The van der Waals surface area contributed by atoms with E-state index in [-0.39, 0.29) is 23.4 Å². The highest BCUT2D eigenvalue weighted by atomic mass is 16.7. The molecule has 196 valence electrons. The lowest BCUT2D eigenvalue weighted by atomic mass is 9.99. The first-order valence-corrected chi connectivity index (χ1v) is 12.6. The normalized spacial score (nSPS) is 18.4. The molecule has 0 radical (unpaired) electrons. The maximum atomic E-state index is 9.50. The van der Waals surface area contributed by atoms with Crippen LogP contribution in [-0.4, -0.2) is 60.5 Å². The van der Waals surface area contributed by atoms with Crippen LogP contribution in [0.15, 0.2) is 42.0 Å². The minimum absolute atomic E-state index is 0.123. The molecule has 37 heavy (non-hydrogen) atoms. The van der Waals surface area contributed by atoms with E-state index in [1.807, 2.05) is 26.8 Å². The van der Waals surface area contributed by atoms with Crippen molar-refractivity contribution in [3.05, 3.63) is 64.9 Å². The lowest BCUT2D eigenvalue weighted by molar-refractivity contribution is -0.263. The van der Waals surface area contributed by atoms with Crippen molar-refractivity contribution in [1.29, 1.82) is 5.26 Å². The summed E-state index contributed by atoms with van der Waals surface area (Å²) in [6.07, 6.45) is 4.20. The summed E-state index contributed by atoms with van der Waals surface area (Å²) in [7, 11) is 0. The number of benzene rings is 1. The summed E-state index contributed by atoms with van der Waals surface area (Å²) >= 11 is 0. The fourth-order valence-corrected chi connectivity index (χ4v) is 4.49. The molecule has 0 spiro atoms. The van der Waals surface area contributed by atoms with Crippen molar-refractivity contribution in [1.82, 2.24) is 9.88 Å². The number of ether oxygens (including phenoxy) is 3. The Morgan fingerprint density at radius 2 is 1.95 bits per heavy atom. The molecule has 2 aliphatic heterocycles. The van der Waals surface area contributed by atoms with Crippen LogP contribution < -0.4 is 10.6 Å². The number of aliphatic imine (C=N–C) groups is 1. The van der Waals surface area contributed by atoms with Gasteiger partial charge in [0.1, 0.15) is 11.6 Å². The predicted octanol–water partition coefficient (Wildman–Crippen LogP) is 3.60.